The van der Waals surface area contributed by atoms with Crippen molar-refractivity contribution in [2.75, 3.05) is 17.7 Å². The Morgan fingerprint density at radius 2 is 1.86 bits per heavy atom. The van der Waals surface area contributed by atoms with Crippen molar-refractivity contribution >= 4 is 17.3 Å². The van der Waals surface area contributed by atoms with Gasteiger partial charge in [0, 0.05) is 12.1 Å². The van der Waals surface area contributed by atoms with Gasteiger partial charge in [-0.3, -0.25) is 4.79 Å². The Hall–Kier alpha value is -2.81. The fourth-order valence-corrected chi connectivity index (χ4v) is 2.49. The molecular weight excluding hydrogens is 360 g/mol. The molecular formula is C20H28N4O4. The van der Waals surface area contributed by atoms with E-state index in [-0.39, 0.29) is 5.91 Å². The summed E-state index contributed by atoms with van der Waals surface area (Å²) in [6.45, 7) is 8.50. The Labute approximate surface area is 166 Å². The molecule has 0 heterocycles. The first kappa shape index (κ1) is 23.2. The number of benzene rings is 1. The SMILES string of the molecule is CCC(=O)Nc1ccc(OC)c(NC(C)(OC(C)C#N)C(C)OC(C)C#N)c1. The molecule has 4 unspecified atom stereocenters. The molecule has 1 rings (SSSR count). The van der Waals surface area contributed by atoms with Crippen molar-refractivity contribution in [3.8, 4) is 17.9 Å². The fraction of sp³-hybridized carbons (Fsp3) is 0.550. The lowest BCUT2D eigenvalue weighted by atomic mass is 10.1. The number of carbonyl (C=O) groups excluding carboxylic acids is 1. The summed E-state index contributed by atoms with van der Waals surface area (Å²) in [5, 5.41) is 24.2. The molecule has 2 N–H and O–H groups in total. The van der Waals surface area contributed by atoms with Crippen LogP contribution in [0.3, 0.4) is 0 Å². The second-order valence-electron chi connectivity index (χ2n) is 6.49. The molecule has 0 saturated heterocycles. The fourth-order valence-electron chi connectivity index (χ4n) is 2.49. The number of anilines is 2. The van der Waals surface area contributed by atoms with E-state index >= 15 is 0 Å². The maximum Gasteiger partial charge on any atom is 0.224 e. The summed E-state index contributed by atoms with van der Waals surface area (Å²) < 4.78 is 17.0. The first-order valence-electron chi connectivity index (χ1n) is 9.07. The van der Waals surface area contributed by atoms with Crippen LogP contribution in [0.15, 0.2) is 18.2 Å². The monoisotopic (exact) mass is 388 g/mol. The topological polar surface area (TPSA) is 116 Å². The molecule has 0 spiro atoms. The highest BCUT2D eigenvalue weighted by atomic mass is 16.6. The number of ether oxygens (including phenoxy) is 3. The number of nitrogens with zero attached hydrogens (tertiary/aromatic N) is 2. The van der Waals surface area contributed by atoms with Gasteiger partial charge in [-0.1, -0.05) is 6.92 Å². The van der Waals surface area contributed by atoms with Gasteiger partial charge >= 0.3 is 0 Å². The van der Waals surface area contributed by atoms with E-state index < -0.39 is 24.0 Å². The highest BCUT2D eigenvalue weighted by Gasteiger charge is 2.37. The number of hydrogen-bond donors (Lipinski definition) is 2. The van der Waals surface area contributed by atoms with Crippen LogP contribution in [-0.2, 0) is 14.3 Å². The van der Waals surface area contributed by atoms with Gasteiger partial charge in [-0.25, -0.2) is 0 Å². The molecule has 0 aliphatic heterocycles. The largest absolute Gasteiger partial charge is 0.495 e. The second-order valence-corrected chi connectivity index (χ2v) is 6.49. The van der Waals surface area contributed by atoms with Gasteiger partial charge in [0.15, 0.2) is 5.72 Å². The second kappa shape index (κ2) is 10.5. The van der Waals surface area contributed by atoms with Crippen molar-refractivity contribution in [2.24, 2.45) is 0 Å². The molecule has 0 radical (unpaired) electrons. The van der Waals surface area contributed by atoms with Gasteiger partial charge in [0.2, 0.25) is 5.91 Å². The number of nitrogens with one attached hydrogen (secondary N) is 2. The maximum absolute atomic E-state index is 11.7. The smallest absolute Gasteiger partial charge is 0.224 e. The number of hydrogen-bond acceptors (Lipinski definition) is 7. The van der Waals surface area contributed by atoms with Gasteiger partial charge in [0.05, 0.1) is 24.9 Å². The van der Waals surface area contributed by atoms with Crippen LogP contribution in [0.1, 0.15) is 41.0 Å². The molecule has 1 amide bonds. The Bertz CT molecular complexity index is 756. The average molecular weight is 388 g/mol. The molecule has 8 heteroatoms. The standard InChI is InChI=1S/C20H28N4O4/c1-7-19(25)23-16-8-9-18(26-6)17(10-16)24-20(5,28-14(3)12-22)15(4)27-13(2)11-21/h8-10,13-15,24H,7H2,1-6H3,(H,23,25). The highest BCUT2D eigenvalue weighted by molar-refractivity contribution is 5.91. The molecule has 0 saturated carbocycles. The summed E-state index contributed by atoms with van der Waals surface area (Å²) >= 11 is 0. The van der Waals surface area contributed by atoms with Crippen molar-refractivity contribution in [2.45, 2.75) is 65.1 Å². The molecule has 0 fully saturated rings. The van der Waals surface area contributed by atoms with Gasteiger partial charge in [-0.15, -0.1) is 0 Å². The van der Waals surface area contributed by atoms with E-state index in [1.807, 2.05) is 12.1 Å². The van der Waals surface area contributed by atoms with Crippen molar-refractivity contribution < 1.29 is 19.0 Å². The van der Waals surface area contributed by atoms with Crippen LogP contribution < -0.4 is 15.4 Å². The molecule has 1 aromatic rings. The summed E-state index contributed by atoms with van der Waals surface area (Å²) in [7, 11) is 1.53. The predicted octanol–water partition coefficient (Wildman–Crippen LogP) is 3.42. The zero-order valence-corrected chi connectivity index (χ0v) is 17.2. The molecule has 152 valence electrons. The molecule has 8 nitrogen and oxygen atoms in total. The van der Waals surface area contributed by atoms with E-state index in [9.17, 15) is 10.1 Å². The van der Waals surface area contributed by atoms with E-state index in [0.29, 0.717) is 23.5 Å². The average Bonchev–Trinajstić information content (AvgIpc) is 2.67. The first-order valence-corrected chi connectivity index (χ1v) is 9.07. The van der Waals surface area contributed by atoms with E-state index in [1.54, 1.807) is 52.8 Å². The summed E-state index contributed by atoms with van der Waals surface area (Å²) in [4.78, 5) is 11.7. The molecule has 0 aliphatic rings. The van der Waals surface area contributed by atoms with Crippen LogP contribution in [0.5, 0.6) is 5.75 Å². The van der Waals surface area contributed by atoms with Crippen LogP contribution in [-0.4, -0.2) is 37.1 Å². The third-order valence-electron chi connectivity index (χ3n) is 4.16. The van der Waals surface area contributed by atoms with Crippen LogP contribution in [0.2, 0.25) is 0 Å². The summed E-state index contributed by atoms with van der Waals surface area (Å²) in [5.41, 5.74) is -0.0186. The van der Waals surface area contributed by atoms with Gasteiger partial charge in [0.25, 0.3) is 0 Å². The van der Waals surface area contributed by atoms with E-state index in [1.165, 1.54) is 7.11 Å². The van der Waals surface area contributed by atoms with Crippen LogP contribution in [0, 0.1) is 22.7 Å². The minimum atomic E-state index is -1.15. The zero-order valence-electron chi connectivity index (χ0n) is 17.2. The summed E-state index contributed by atoms with van der Waals surface area (Å²) in [5.74, 6) is 0.405. The Morgan fingerprint density at radius 3 is 2.39 bits per heavy atom. The number of rotatable bonds is 10. The third kappa shape index (κ3) is 6.41. The van der Waals surface area contributed by atoms with Crippen molar-refractivity contribution in [3.05, 3.63) is 18.2 Å². The minimum absolute atomic E-state index is 0.118. The van der Waals surface area contributed by atoms with Crippen LogP contribution in [0.4, 0.5) is 11.4 Å². The predicted molar refractivity (Wildman–Crippen MR) is 106 cm³/mol. The number of amides is 1. The van der Waals surface area contributed by atoms with Crippen molar-refractivity contribution in [3.63, 3.8) is 0 Å². The van der Waals surface area contributed by atoms with E-state index in [2.05, 4.69) is 10.6 Å². The minimum Gasteiger partial charge on any atom is -0.495 e. The lowest BCUT2D eigenvalue weighted by molar-refractivity contribution is -0.134. The molecule has 1 aromatic carbocycles. The molecule has 28 heavy (non-hydrogen) atoms. The van der Waals surface area contributed by atoms with Gasteiger partial charge in [-0.2, -0.15) is 10.5 Å². The van der Waals surface area contributed by atoms with Crippen molar-refractivity contribution in [1.29, 1.82) is 10.5 Å². The van der Waals surface area contributed by atoms with Crippen LogP contribution in [0.25, 0.3) is 0 Å². The quantitative estimate of drug-likeness (QED) is 0.590. The molecule has 0 aliphatic carbocycles. The molecule has 4 atom stereocenters. The number of carbonyl (C=O) groups is 1. The Balaban J connectivity index is 3.25. The first-order chi connectivity index (χ1) is 13.2. The third-order valence-corrected chi connectivity index (χ3v) is 4.16. The maximum atomic E-state index is 11.7. The molecule has 0 aromatic heterocycles. The number of methoxy groups -OCH3 is 1. The van der Waals surface area contributed by atoms with E-state index in [4.69, 9.17) is 19.5 Å². The Kier molecular flexibility index (Phi) is 8.72. The Morgan fingerprint density at radius 1 is 1.21 bits per heavy atom. The molecule has 0 bridgehead atoms. The summed E-state index contributed by atoms with van der Waals surface area (Å²) in [6, 6.07) is 9.20. The number of nitriles is 2. The van der Waals surface area contributed by atoms with Crippen LogP contribution >= 0.6 is 0 Å². The lowest BCUT2D eigenvalue weighted by Gasteiger charge is -2.38. The normalized spacial score (nSPS) is 15.9. The van der Waals surface area contributed by atoms with Gasteiger partial charge in [-0.05, 0) is 45.9 Å². The summed E-state index contributed by atoms with van der Waals surface area (Å²) in [6.07, 6.45) is -1.62. The van der Waals surface area contributed by atoms with Gasteiger partial charge in [0.1, 0.15) is 24.1 Å². The van der Waals surface area contributed by atoms with Gasteiger partial charge < -0.3 is 24.8 Å². The lowest BCUT2D eigenvalue weighted by Crippen LogP contribution is -2.51. The highest BCUT2D eigenvalue weighted by Crippen LogP contribution is 2.33. The van der Waals surface area contributed by atoms with Crippen molar-refractivity contribution in [1.82, 2.24) is 0 Å². The zero-order chi connectivity index (χ0) is 21.3. The van der Waals surface area contributed by atoms with E-state index in [0.717, 1.165) is 0 Å².